The summed E-state index contributed by atoms with van der Waals surface area (Å²) in [6, 6.07) is 12.1. The first kappa shape index (κ1) is 12.1. The van der Waals surface area contributed by atoms with E-state index in [0.717, 1.165) is 14.9 Å². The molecule has 0 fully saturated rings. The van der Waals surface area contributed by atoms with Gasteiger partial charge in [0.2, 0.25) is 0 Å². The number of nitrogens with zero attached hydrogens (tertiary/aromatic N) is 1. The molecule has 0 saturated heterocycles. The fourth-order valence-corrected chi connectivity index (χ4v) is 2.76. The summed E-state index contributed by atoms with van der Waals surface area (Å²) in [7, 11) is 0. The lowest BCUT2D eigenvalue weighted by Crippen LogP contribution is -1.81. The maximum atomic E-state index is 9.23. The largest absolute Gasteiger partial charge is 0.192 e. The molecular weight excluding hydrogens is 294 g/mol. The maximum Gasteiger partial charge on any atom is 0.0998 e. The van der Waals surface area contributed by atoms with Crippen molar-refractivity contribution in [3.8, 4) is 6.07 Å². The Labute approximate surface area is 113 Å². The molecule has 0 N–H and O–H groups in total. The Kier molecular flexibility index (Phi) is 3.78. The van der Waals surface area contributed by atoms with Crippen molar-refractivity contribution in [2.24, 2.45) is 0 Å². The third-order valence-corrected chi connectivity index (χ3v) is 3.89. The van der Waals surface area contributed by atoms with Gasteiger partial charge in [-0.1, -0.05) is 28.1 Å². The topological polar surface area (TPSA) is 23.8 Å². The Morgan fingerprint density at radius 2 is 2.24 bits per heavy atom. The Morgan fingerprint density at radius 3 is 2.82 bits per heavy atom. The predicted molar refractivity (Wildman–Crippen MR) is 76.7 cm³/mol. The van der Waals surface area contributed by atoms with E-state index in [2.05, 4.69) is 35.0 Å². The molecule has 0 aliphatic carbocycles. The van der Waals surface area contributed by atoms with Crippen LogP contribution in [0.3, 0.4) is 0 Å². The van der Waals surface area contributed by atoms with Gasteiger partial charge >= 0.3 is 0 Å². The molecule has 0 unspecified atom stereocenters. The van der Waals surface area contributed by atoms with Crippen LogP contribution >= 0.6 is 27.3 Å². The average Bonchev–Trinajstić information content (AvgIpc) is 2.71. The minimum atomic E-state index is 0.692. The molecule has 0 spiro atoms. The van der Waals surface area contributed by atoms with Crippen LogP contribution in [-0.2, 0) is 0 Å². The summed E-state index contributed by atoms with van der Waals surface area (Å²) in [6.45, 7) is 2.05. The van der Waals surface area contributed by atoms with Crippen molar-refractivity contribution in [1.29, 1.82) is 5.26 Å². The standard InChI is InChI=1S/C14H10BrNS/c1-10-5-6-17-14(10)8-12(9-16)11-3-2-4-13(15)7-11/h2-8H,1H3/b12-8-. The number of halogens is 1. The lowest BCUT2D eigenvalue weighted by Gasteiger charge is -2.00. The molecule has 0 saturated carbocycles. The van der Waals surface area contributed by atoms with Gasteiger partial charge in [0.1, 0.15) is 0 Å². The molecule has 3 heteroatoms. The number of thiophene rings is 1. The lowest BCUT2D eigenvalue weighted by molar-refractivity contribution is 1.51. The Hall–Kier alpha value is -1.37. The Balaban J connectivity index is 2.45. The molecule has 1 heterocycles. The minimum Gasteiger partial charge on any atom is -0.192 e. The molecule has 1 aromatic carbocycles. The van der Waals surface area contributed by atoms with E-state index in [1.165, 1.54) is 5.56 Å². The first-order valence-electron chi connectivity index (χ1n) is 5.12. The third kappa shape index (κ3) is 2.85. The highest BCUT2D eigenvalue weighted by molar-refractivity contribution is 9.10. The molecule has 17 heavy (non-hydrogen) atoms. The number of aryl methyl sites for hydroxylation is 1. The van der Waals surface area contributed by atoms with E-state index in [0.29, 0.717) is 5.57 Å². The van der Waals surface area contributed by atoms with Gasteiger partial charge in [0.05, 0.1) is 11.6 Å². The molecule has 0 bridgehead atoms. The number of allylic oxidation sites excluding steroid dienone is 1. The van der Waals surface area contributed by atoms with E-state index in [1.54, 1.807) is 11.3 Å². The predicted octanol–water partition coefficient (Wildman–Crippen LogP) is 4.88. The van der Waals surface area contributed by atoms with Crippen LogP contribution in [0.5, 0.6) is 0 Å². The van der Waals surface area contributed by atoms with Crippen LogP contribution in [0, 0.1) is 18.3 Å². The number of benzene rings is 1. The first-order valence-corrected chi connectivity index (χ1v) is 6.80. The van der Waals surface area contributed by atoms with Gasteiger partial charge in [0.25, 0.3) is 0 Å². The van der Waals surface area contributed by atoms with Crippen molar-refractivity contribution in [3.63, 3.8) is 0 Å². The van der Waals surface area contributed by atoms with Gasteiger partial charge in [-0.25, -0.2) is 0 Å². The fraction of sp³-hybridized carbons (Fsp3) is 0.0714. The molecule has 0 radical (unpaired) electrons. The van der Waals surface area contributed by atoms with Crippen LogP contribution in [0.1, 0.15) is 16.0 Å². The SMILES string of the molecule is Cc1ccsc1/C=C(/C#N)c1cccc(Br)c1. The second-order valence-electron chi connectivity index (χ2n) is 3.65. The average molecular weight is 304 g/mol. The first-order chi connectivity index (χ1) is 8.20. The molecule has 84 valence electrons. The van der Waals surface area contributed by atoms with Crippen LogP contribution in [-0.4, -0.2) is 0 Å². The van der Waals surface area contributed by atoms with Gasteiger partial charge in [0.15, 0.2) is 0 Å². The zero-order valence-electron chi connectivity index (χ0n) is 9.27. The maximum absolute atomic E-state index is 9.23. The zero-order valence-corrected chi connectivity index (χ0v) is 11.7. The second-order valence-corrected chi connectivity index (χ2v) is 5.51. The van der Waals surface area contributed by atoms with E-state index in [-0.39, 0.29) is 0 Å². The van der Waals surface area contributed by atoms with E-state index in [9.17, 15) is 5.26 Å². The van der Waals surface area contributed by atoms with E-state index in [4.69, 9.17) is 0 Å². The molecule has 0 atom stereocenters. The molecule has 1 aromatic heterocycles. The van der Waals surface area contributed by atoms with E-state index < -0.39 is 0 Å². The van der Waals surface area contributed by atoms with Crippen molar-refractivity contribution in [1.82, 2.24) is 0 Å². The van der Waals surface area contributed by atoms with Crippen LogP contribution in [0.25, 0.3) is 11.6 Å². The molecular formula is C14H10BrNS. The monoisotopic (exact) mass is 303 g/mol. The zero-order chi connectivity index (χ0) is 12.3. The quantitative estimate of drug-likeness (QED) is 0.725. The second kappa shape index (κ2) is 5.31. The molecule has 0 amide bonds. The van der Waals surface area contributed by atoms with Crippen LogP contribution in [0.4, 0.5) is 0 Å². The fourth-order valence-electron chi connectivity index (χ4n) is 1.50. The van der Waals surface area contributed by atoms with Crippen molar-refractivity contribution in [2.75, 3.05) is 0 Å². The highest BCUT2D eigenvalue weighted by Gasteiger charge is 2.03. The number of nitriles is 1. The van der Waals surface area contributed by atoms with Gasteiger partial charge < -0.3 is 0 Å². The van der Waals surface area contributed by atoms with E-state index >= 15 is 0 Å². The Bertz CT molecular complexity index is 605. The Morgan fingerprint density at radius 1 is 1.41 bits per heavy atom. The number of hydrogen-bond acceptors (Lipinski definition) is 2. The summed E-state index contributed by atoms with van der Waals surface area (Å²) in [5.41, 5.74) is 2.84. The lowest BCUT2D eigenvalue weighted by atomic mass is 10.1. The normalized spacial score (nSPS) is 11.2. The summed E-state index contributed by atoms with van der Waals surface area (Å²) >= 11 is 5.07. The molecule has 0 aliphatic heterocycles. The highest BCUT2D eigenvalue weighted by Crippen LogP contribution is 2.25. The van der Waals surface area contributed by atoms with Gasteiger partial charge in [-0.2, -0.15) is 5.26 Å². The summed E-state index contributed by atoms with van der Waals surface area (Å²) in [6.07, 6.45) is 1.95. The van der Waals surface area contributed by atoms with Crippen molar-refractivity contribution < 1.29 is 0 Å². The van der Waals surface area contributed by atoms with Gasteiger partial charge in [0, 0.05) is 9.35 Å². The number of rotatable bonds is 2. The van der Waals surface area contributed by atoms with Crippen molar-refractivity contribution in [3.05, 3.63) is 56.2 Å². The molecule has 2 aromatic rings. The molecule has 1 nitrogen and oxygen atoms in total. The smallest absolute Gasteiger partial charge is 0.0998 e. The van der Waals surface area contributed by atoms with Gasteiger partial charge in [-0.05, 0) is 47.7 Å². The van der Waals surface area contributed by atoms with Crippen LogP contribution in [0.2, 0.25) is 0 Å². The number of hydrogen-bond donors (Lipinski definition) is 0. The van der Waals surface area contributed by atoms with Crippen LogP contribution < -0.4 is 0 Å². The summed E-state index contributed by atoms with van der Waals surface area (Å²) in [5, 5.41) is 11.3. The van der Waals surface area contributed by atoms with Gasteiger partial charge in [-0.3, -0.25) is 0 Å². The molecule has 2 rings (SSSR count). The molecule has 0 aliphatic rings. The summed E-state index contributed by atoms with van der Waals surface area (Å²) < 4.78 is 0.985. The highest BCUT2D eigenvalue weighted by atomic mass is 79.9. The summed E-state index contributed by atoms with van der Waals surface area (Å²) in [4.78, 5) is 1.14. The van der Waals surface area contributed by atoms with Crippen molar-refractivity contribution >= 4 is 38.9 Å². The van der Waals surface area contributed by atoms with Gasteiger partial charge in [-0.15, -0.1) is 11.3 Å². The van der Waals surface area contributed by atoms with Crippen LogP contribution in [0.15, 0.2) is 40.2 Å². The minimum absolute atomic E-state index is 0.692. The third-order valence-electron chi connectivity index (χ3n) is 2.43. The van der Waals surface area contributed by atoms with Crippen molar-refractivity contribution in [2.45, 2.75) is 6.92 Å². The van der Waals surface area contributed by atoms with E-state index in [1.807, 2.05) is 35.7 Å². The summed E-state index contributed by atoms with van der Waals surface area (Å²) in [5.74, 6) is 0.